The summed E-state index contributed by atoms with van der Waals surface area (Å²) in [6.07, 6.45) is 3.21. The van der Waals surface area contributed by atoms with Gasteiger partial charge in [-0.2, -0.15) is 11.8 Å². The Morgan fingerprint density at radius 1 is 1.31 bits per heavy atom. The number of nitrogens with one attached hydrogen (secondary N) is 1. The predicted octanol–water partition coefficient (Wildman–Crippen LogP) is 2.72. The second-order valence-electron chi connectivity index (χ2n) is 3.72. The van der Waals surface area contributed by atoms with Crippen LogP contribution >= 0.6 is 11.8 Å². The van der Waals surface area contributed by atoms with Crippen LogP contribution in [-0.2, 0) is 4.74 Å². The van der Waals surface area contributed by atoms with E-state index in [0.717, 1.165) is 25.3 Å². The van der Waals surface area contributed by atoms with E-state index in [9.17, 15) is 0 Å². The minimum absolute atomic E-state index is 0.452. The van der Waals surface area contributed by atoms with Crippen molar-refractivity contribution in [1.29, 1.82) is 0 Å². The van der Waals surface area contributed by atoms with Crippen LogP contribution in [0.15, 0.2) is 30.3 Å². The van der Waals surface area contributed by atoms with Crippen molar-refractivity contribution in [3.05, 3.63) is 35.9 Å². The first-order valence-electron chi connectivity index (χ1n) is 5.64. The van der Waals surface area contributed by atoms with Crippen LogP contribution in [0.25, 0.3) is 0 Å². The lowest BCUT2D eigenvalue weighted by Gasteiger charge is -2.18. The van der Waals surface area contributed by atoms with E-state index in [0.29, 0.717) is 6.04 Å². The van der Waals surface area contributed by atoms with Crippen LogP contribution in [0.5, 0.6) is 0 Å². The number of hydrogen-bond acceptors (Lipinski definition) is 3. The second kappa shape index (κ2) is 8.62. The molecule has 2 nitrogen and oxygen atoms in total. The Labute approximate surface area is 103 Å². The summed E-state index contributed by atoms with van der Waals surface area (Å²) >= 11 is 1.87. The fourth-order valence-corrected chi connectivity index (χ4v) is 2.26. The third-order valence-corrected chi connectivity index (χ3v) is 3.12. The molecular formula is C13H21NOS. The Kier molecular flexibility index (Phi) is 7.30. The van der Waals surface area contributed by atoms with Gasteiger partial charge in [0.2, 0.25) is 0 Å². The van der Waals surface area contributed by atoms with Gasteiger partial charge in [0.25, 0.3) is 0 Å². The Bertz CT molecular complexity index is 266. The summed E-state index contributed by atoms with van der Waals surface area (Å²) in [4.78, 5) is 0. The van der Waals surface area contributed by atoms with E-state index in [1.807, 2.05) is 11.8 Å². The minimum atomic E-state index is 0.452. The van der Waals surface area contributed by atoms with E-state index in [4.69, 9.17) is 4.74 Å². The van der Waals surface area contributed by atoms with Crippen molar-refractivity contribution in [2.75, 3.05) is 32.3 Å². The van der Waals surface area contributed by atoms with E-state index in [1.165, 1.54) is 5.56 Å². The molecule has 0 saturated carbocycles. The zero-order valence-electron chi connectivity index (χ0n) is 10.1. The van der Waals surface area contributed by atoms with Gasteiger partial charge in [-0.3, -0.25) is 0 Å². The first kappa shape index (κ1) is 13.6. The third kappa shape index (κ3) is 5.01. The molecule has 0 spiro atoms. The molecule has 1 aromatic carbocycles. The maximum atomic E-state index is 5.04. The Morgan fingerprint density at radius 3 is 2.69 bits per heavy atom. The van der Waals surface area contributed by atoms with Gasteiger partial charge in [0.15, 0.2) is 0 Å². The molecule has 0 bridgehead atoms. The summed E-state index contributed by atoms with van der Waals surface area (Å²) in [6, 6.07) is 11.1. The molecule has 0 fully saturated rings. The fourth-order valence-electron chi connectivity index (χ4n) is 1.62. The lowest BCUT2D eigenvalue weighted by Crippen LogP contribution is -2.25. The summed E-state index contributed by atoms with van der Waals surface area (Å²) < 4.78 is 5.04. The van der Waals surface area contributed by atoms with Gasteiger partial charge in [0.1, 0.15) is 0 Å². The van der Waals surface area contributed by atoms with Gasteiger partial charge in [0, 0.05) is 25.5 Å². The molecule has 0 aliphatic rings. The maximum absolute atomic E-state index is 5.04. The van der Waals surface area contributed by atoms with Crippen molar-refractivity contribution in [2.45, 2.75) is 12.5 Å². The standard InChI is InChI=1S/C13H21NOS/c1-15-10-6-9-14-13(11-16-2)12-7-4-3-5-8-12/h3-5,7-8,13-14H,6,9-11H2,1-2H3. The topological polar surface area (TPSA) is 21.3 Å². The minimum Gasteiger partial charge on any atom is -0.385 e. The molecular weight excluding hydrogens is 218 g/mol. The maximum Gasteiger partial charge on any atom is 0.0474 e. The molecule has 16 heavy (non-hydrogen) atoms. The van der Waals surface area contributed by atoms with Crippen LogP contribution in [0.3, 0.4) is 0 Å². The molecule has 1 unspecified atom stereocenters. The van der Waals surface area contributed by atoms with E-state index < -0.39 is 0 Å². The summed E-state index contributed by atoms with van der Waals surface area (Å²) in [5, 5.41) is 3.57. The van der Waals surface area contributed by atoms with Crippen molar-refractivity contribution in [3.8, 4) is 0 Å². The van der Waals surface area contributed by atoms with E-state index in [-0.39, 0.29) is 0 Å². The number of thioether (sulfide) groups is 1. The monoisotopic (exact) mass is 239 g/mol. The Balaban J connectivity index is 2.41. The Morgan fingerprint density at radius 2 is 2.06 bits per heavy atom. The largest absolute Gasteiger partial charge is 0.385 e. The molecule has 1 rings (SSSR count). The van der Waals surface area contributed by atoms with Crippen LogP contribution in [0.4, 0.5) is 0 Å². The molecule has 1 atom stereocenters. The quantitative estimate of drug-likeness (QED) is 0.705. The van der Waals surface area contributed by atoms with Crippen LogP contribution in [0.1, 0.15) is 18.0 Å². The van der Waals surface area contributed by atoms with Gasteiger partial charge in [-0.25, -0.2) is 0 Å². The summed E-state index contributed by atoms with van der Waals surface area (Å²) in [6.45, 7) is 1.84. The van der Waals surface area contributed by atoms with Gasteiger partial charge >= 0.3 is 0 Å². The van der Waals surface area contributed by atoms with Gasteiger partial charge in [-0.05, 0) is 24.8 Å². The fraction of sp³-hybridized carbons (Fsp3) is 0.538. The second-order valence-corrected chi connectivity index (χ2v) is 4.63. The average Bonchev–Trinajstić information content (AvgIpc) is 2.34. The van der Waals surface area contributed by atoms with Gasteiger partial charge < -0.3 is 10.1 Å². The molecule has 0 aliphatic heterocycles. The highest BCUT2D eigenvalue weighted by atomic mass is 32.2. The first-order chi connectivity index (χ1) is 7.88. The van der Waals surface area contributed by atoms with Crippen LogP contribution in [-0.4, -0.2) is 32.3 Å². The van der Waals surface area contributed by atoms with Gasteiger partial charge in [-0.15, -0.1) is 0 Å². The highest BCUT2D eigenvalue weighted by Crippen LogP contribution is 2.16. The summed E-state index contributed by atoms with van der Waals surface area (Å²) in [5.41, 5.74) is 1.37. The molecule has 1 aromatic rings. The molecule has 0 saturated heterocycles. The van der Waals surface area contributed by atoms with E-state index in [1.54, 1.807) is 7.11 Å². The van der Waals surface area contributed by atoms with Gasteiger partial charge in [-0.1, -0.05) is 30.3 Å². The molecule has 0 aromatic heterocycles. The lowest BCUT2D eigenvalue weighted by atomic mass is 10.1. The molecule has 0 radical (unpaired) electrons. The zero-order chi connectivity index (χ0) is 11.6. The average molecular weight is 239 g/mol. The number of benzene rings is 1. The molecule has 3 heteroatoms. The molecule has 0 heterocycles. The number of hydrogen-bond donors (Lipinski definition) is 1. The number of ether oxygens (including phenoxy) is 1. The molecule has 0 aliphatic carbocycles. The zero-order valence-corrected chi connectivity index (χ0v) is 10.9. The van der Waals surface area contributed by atoms with Crippen LogP contribution in [0, 0.1) is 0 Å². The normalized spacial score (nSPS) is 12.6. The van der Waals surface area contributed by atoms with E-state index >= 15 is 0 Å². The van der Waals surface area contributed by atoms with Crippen LogP contribution in [0.2, 0.25) is 0 Å². The van der Waals surface area contributed by atoms with Crippen molar-refractivity contribution in [1.82, 2.24) is 5.32 Å². The molecule has 1 N–H and O–H groups in total. The van der Waals surface area contributed by atoms with Crippen LogP contribution < -0.4 is 5.32 Å². The van der Waals surface area contributed by atoms with Crippen molar-refractivity contribution in [3.63, 3.8) is 0 Å². The highest BCUT2D eigenvalue weighted by molar-refractivity contribution is 7.98. The first-order valence-corrected chi connectivity index (χ1v) is 7.04. The third-order valence-electron chi connectivity index (χ3n) is 2.45. The van der Waals surface area contributed by atoms with E-state index in [2.05, 4.69) is 41.9 Å². The lowest BCUT2D eigenvalue weighted by molar-refractivity contribution is 0.193. The predicted molar refractivity (Wildman–Crippen MR) is 72.1 cm³/mol. The summed E-state index contributed by atoms with van der Waals surface area (Å²) in [5.74, 6) is 1.11. The van der Waals surface area contributed by atoms with Crippen molar-refractivity contribution in [2.24, 2.45) is 0 Å². The number of rotatable bonds is 8. The molecule has 0 amide bonds. The Hall–Kier alpha value is -0.510. The van der Waals surface area contributed by atoms with Crippen molar-refractivity contribution < 1.29 is 4.74 Å². The van der Waals surface area contributed by atoms with Crippen molar-refractivity contribution >= 4 is 11.8 Å². The number of methoxy groups -OCH3 is 1. The summed E-state index contributed by atoms with van der Waals surface area (Å²) in [7, 11) is 1.75. The molecule has 90 valence electrons. The highest BCUT2D eigenvalue weighted by Gasteiger charge is 2.08. The van der Waals surface area contributed by atoms with Gasteiger partial charge in [0.05, 0.1) is 0 Å². The smallest absolute Gasteiger partial charge is 0.0474 e. The SMILES string of the molecule is COCCCNC(CSC)c1ccccc1.